The van der Waals surface area contributed by atoms with Crippen LogP contribution < -0.4 is 9.80 Å². The summed E-state index contributed by atoms with van der Waals surface area (Å²) in [5, 5.41) is 0. The van der Waals surface area contributed by atoms with Crippen molar-refractivity contribution in [2.24, 2.45) is 14.1 Å². The first-order chi connectivity index (χ1) is 30.6. The summed E-state index contributed by atoms with van der Waals surface area (Å²) in [7, 11) is 4.26. The molecule has 4 aromatic heterocycles. The molecule has 0 aliphatic carbocycles. The van der Waals surface area contributed by atoms with Gasteiger partial charge in [-0.25, -0.2) is 0 Å². The lowest BCUT2D eigenvalue weighted by Crippen LogP contribution is -2.14. The van der Waals surface area contributed by atoms with E-state index in [2.05, 4.69) is 225 Å². The quantitative estimate of drug-likeness (QED) is 0.131. The highest BCUT2D eigenvalue weighted by molar-refractivity contribution is 5.82. The maximum atomic E-state index is 4.47. The van der Waals surface area contributed by atoms with Gasteiger partial charge in [0, 0.05) is 49.3 Å². The topological polar surface area (TPSA) is 42.1 Å². The number of hydrogen-bond donors (Lipinski definition) is 0. The van der Waals surface area contributed by atoms with Crippen molar-refractivity contribution in [3.63, 3.8) is 0 Å². The molecule has 0 aliphatic rings. The molecule has 0 N–H and O–H groups in total. The molecule has 0 bridgehead atoms. The first kappa shape index (κ1) is 38.0. The largest absolute Gasteiger partial charge is 0.330 e. The van der Waals surface area contributed by atoms with Crippen molar-refractivity contribution in [1.29, 1.82) is 0 Å². The zero-order chi connectivity index (χ0) is 41.8. The molecule has 0 unspecified atom stereocenters. The minimum absolute atomic E-state index is 0.998. The Morgan fingerprint density at radius 1 is 0.290 bits per heavy atom. The average molecular weight is 801 g/mol. The molecular weight excluding hydrogens is 757 g/mol. The molecule has 6 aromatic carbocycles. The highest BCUT2D eigenvalue weighted by Gasteiger charge is 2.20. The molecule has 62 heavy (non-hydrogen) atoms. The van der Waals surface area contributed by atoms with E-state index >= 15 is 0 Å². The lowest BCUT2D eigenvalue weighted by atomic mass is 10.0. The SMILES string of the molecule is Cn1c(-c2ccc(-c3ccc(-c4ccc(N(c5ccc(-c6ccccc6)cc5)c5cccnc5)n4C)cc3)cc2)ccc1N(c1ccc(-c2ccccc2)cc1)c1cccnc1. The Bertz CT molecular complexity index is 2820. The molecule has 10 rings (SSSR count). The maximum absolute atomic E-state index is 4.47. The van der Waals surface area contributed by atoms with Crippen LogP contribution in [-0.2, 0) is 14.1 Å². The first-order valence-electron chi connectivity index (χ1n) is 20.8. The van der Waals surface area contributed by atoms with Crippen LogP contribution in [0.25, 0.3) is 55.9 Å². The van der Waals surface area contributed by atoms with Gasteiger partial charge in [-0.05, 0) is 117 Å². The van der Waals surface area contributed by atoms with Crippen LogP contribution >= 0.6 is 0 Å². The molecule has 0 radical (unpaired) electrons. The highest BCUT2D eigenvalue weighted by atomic mass is 15.3. The maximum Gasteiger partial charge on any atom is 0.117 e. The fourth-order valence-corrected chi connectivity index (χ4v) is 8.36. The third-order valence-corrected chi connectivity index (χ3v) is 11.6. The molecule has 0 spiro atoms. The Kier molecular flexibility index (Phi) is 10.3. The van der Waals surface area contributed by atoms with Crippen molar-refractivity contribution < 1.29 is 0 Å². The van der Waals surface area contributed by atoms with E-state index in [1.807, 2.05) is 49.1 Å². The third kappa shape index (κ3) is 7.46. The third-order valence-electron chi connectivity index (χ3n) is 11.6. The number of pyridine rings is 2. The number of hydrogen-bond acceptors (Lipinski definition) is 4. The molecule has 10 aromatic rings. The number of anilines is 6. The summed E-state index contributed by atoms with van der Waals surface area (Å²) in [6.07, 6.45) is 7.46. The Morgan fingerprint density at radius 2 is 0.613 bits per heavy atom. The molecule has 6 heteroatoms. The molecule has 6 nitrogen and oxygen atoms in total. The van der Waals surface area contributed by atoms with Crippen molar-refractivity contribution in [2.45, 2.75) is 0 Å². The smallest absolute Gasteiger partial charge is 0.117 e. The van der Waals surface area contributed by atoms with Crippen molar-refractivity contribution in [3.05, 3.63) is 231 Å². The van der Waals surface area contributed by atoms with E-state index in [0.29, 0.717) is 0 Å². The van der Waals surface area contributed by atoms with Crippen LogP contribution in [0.15, 0.2) is 231 Å². The Balaban J connectivity index is 0.895. The summed E-state index contributed by atoms with van der Waals surface area (Å²) >= 11 is 0. The minimum atomic E-state index is 0.998. The van der Waals surface area contributed by atoms with E-state index < -0.39 is 0 Å². The Labute approximate surface area is 362 Å². The van der Waals surface area contributed by atoms with Gasteiger partial charge in [-0.15, -0.1) is 0 Å². The molecule has 0 aliphatic heterocycles. The highest BCUT2D eigenvalue weighted by Crippen LogP contribution is 2.40. The summed E-state index contributed by atoms with van der Waals surface area (Å²) in [6.45, 7) is 0. The van der Waals surface area contributed by atoms with E-state index in [9.17, 15) is 0 Å². The minimum Gasteiger partial charge on any atom is -0.330 e. The number of benzene rings is 6. The van der Waals surface area contributed by atoms with Crippen LogP contribution in [0.3, 0.4) is 0 Å². The predicted molar refractivity (Wildman–Crippen MR) is 257 cm³/mol. The van der Waals surface area contributed by atoms with Gasteiger partial charge >= 0.3 is 0 Å². The zero-order valence-corrected chi connectivity index (χ0v) is 34.6. The van der Waals surface area contributed by atoms with Crippen LogP contribution in [0.4, 0.5) is 34.4 Å². The van der Waals surface area contributed by atoms with Gasteiger partial charge in [-0.2, -0.15) is 0 Å². The lowest BCUT2D eigenvalue weighted by Gasteiger charge is -2.26. The number of rotatable bonds is 11. The van der Waals surface area contributed by atoms with Crippen molar-refractivity contribution >= 4 is 34.4 Å². The summed E-state index contributed by atoms with van der Waals surface area (Å²) < 4.78 is 4.51. The second kappa shape index (κ2) is 16.8. The molecule has 0 saturated heterocycles. The van der Waals surface area contributed by atoms with Gasteiger partial charge in [-0.3, -0.25) is 19.8 Å². The molecule has 4 heterocycles. The Morgan fingerprint density at radius 3 is 0.952 bits per heavy atom. The van der Waals surface area contributed by atoms with E-state index in [4.69, 9.17) is 0 Å². The van der Waals surface area contributed by atoms with E-state index in [0.717, 1.165) is 56.9 Å². The zero-order valence-electron chi connectivity index (χ0n) is 34.6. The molecule has 0 amide bonds. The summed E-state index contributed by atoms with van der Waals surface area (Å²) in [5.41, 5.74) is 15.8. The fraction of sp³-hybridized carbons (Fsp3) is 0.0357. The van der Waals surface area contributed by atoms with Gasteiger partial charge in [0.25, 0.3) is 0 Å². The van der Waals surface area contributed by atoms with Crippen molar-refractivity contribution in [2.75, 3.05) is 9.80 Å². The summed E-state index contributed by atoms with van der Waals surface area (Å²) in [4.78, 5) is 13.5. The summed E-state index contributed by atoms with van der Waals surface area (Å²) in [5.74, 6) is 2.10. The fourth-order valence-electron chi connectivity index (χ4n) is 8.36. The van der Waals surface area contributed by atoms with Crippen LogP contribution in [0.2, 0.25) is 0 Å². The van der Waals surface area contributed by atoms with Gasteiger partial charge in [-0.1, -0.05) is 133 Å². The van der Waals surface area contributed by atoms with Crippen LogP contribution in [-0.4, -0.2) is 19.1 Å². The standard InChI is InChI=1S/C56H44N6/c1-59-53(33-35-55(59)61(51-15-9-37-57-39-51)49-29-25-45(26-30-49)41-11-5-3-6-12-41)47-21-17-43(18-22-47)44-19-23-48(24-20-44)54-34-36-56(60(54)2)62(52-16-10-38-58-40-52)50-31-27-46(28-32-50)42-13-7-4-8-14-42/h3-40H,1-2H3. The van der Waals surface area contributed by atoms with Crippen LogP contribution in [0.5, 0.6) is 0 Å². The van der Waals surface area contributed by atoms with Gasteiger partial charge in [0.15, 0.2) is 0 Å². The van der Waals surface area contributed by atoms with Crippen LogP contribution in [0, 0.1) is 0 Å². The molecule has 0 fully saturated rings. The molecule has 0 atom stereocenters. The van der Waals surface area contributed by atoms with E-state index in [1.165, 1.54) is 33.4 Å². The lowest BCUT2D eigenvalue weighted by molar-refractivity contribution is 0.920. The van der Waals surface area contributed by atoms with E-state index in [1.54, 1.807) is 0 Å². The number of aromatic nitrogens is 4. The van der Waals surface area contributed by atoms with E-state index in [-0.39, 0.29) is 0 Å². The second-order valence-electron chi connectivity index (χ2n) is 15.3. The molecule has 298 valence electrons. The Hall–Kier alpha value is -8.22. The number of nitrogens with zero attached hydrogens (tertiary/aromatic N) is 6. The van der Waals surface area contributed by atoms with Gasteiger partial charge in [0.05, 0.1) is 23.8 Å². The average Bonchev–Trinajstić information content (AvgIpc) is 3.92. The molecule has 0 saturated carbocycles. The monoisotopic (exact) mass is 800 g/mol. The van der Waals surface area contributed by atoms with Crippen molar-refractivity contribution in [3.8, 4) is 55.9 Å². The van der Waals surface area contributed by atoms with Gasteiger partial charge in [0.1, 0.15) is 11.6 Å². The van der Waals surface area contributed by atoms with Crippen LogP contribution in [0.1, 0.15) is 0 Å². The van der Waals surface area contributed by atoms with Gasteiger partial charge in [0.2, 0.25) is 0 Å². The summed E-state index contributed by atoms with van der Waals surface area (Å²) in [6, 6.07) is 73.1. The van der Waals surface area contributed by atoms with Crippen molar-refractivity contribution in [1.82, 2.24) is 19.1 Å². The second-order valence-corrected chi connectivity index (χ2v) is 15.3. The predicted octanol–water partition coefficient (Wildman–Crippen LogP) is 14.4. The normalized spacial score (nSPS) is 11.1. The van der Waals surface area contributed by atoms with Gasteiger partial charge < -0.3 is 9.13 Å². The molecular formula is C56H44N6. The first-order valence-corrected chi connectivity index (χ1v) is 20.8.